The Hall–Kier alpha value is -5.93. The van der Waals surface area contributed by atoms with Gasteiger partial charge in [-0.1, -0.05) is 24.3 Å². The van der Waals surface area contributed by atoms with Crippen molar-refractivity contribution in [2.24, 2.45) is 0 Å². The highest BCUT2D eigenvalue weighted by Gasteiger charge is 2.25. The van der Waals surface area contributed by atoms with Gasteiger partial charge in [0, 0.05) is 61.5 Å². The van der Waals surface area contributed by atoms with Crippen LogP contribution in [0.25, 0.3) is 28.3 Å². The quantitative estimate of drug-likeness (QED) is 0.190. The molecule has 51 heavy (non-hydrogen) atoms. The van der Waals surface area contributed by atoms with E-state index in [4.69, 9.17) is 14.7 Å². The molecule has 1 saturated heterocycles. The van der Waals surface area contributed by atoms with Gasteiger partial charge in [0.1, 0.15) is 28.7 Å². The number of anilines is 4. The Labute approximate surface area is 292 Å². The molecule has 2 N–H and O–H groups in total. The number of carbonyl (C=O) groups excluding carboxylic acids is 1. The summed E-state index contributed by atoms with van der Waals surface area (Å²) in [6, 6.07) is 23.0. The fourth-order valence-corrected chi connectivity index (χ4v) is 6.81. The van der Waals surface area contributed by atoms with Crippen molar-refractivity contribution >= 4 is 44.6 Å². The van der Waals surface area contributed by atoms with E-state index in [1.54, 1.807) is 43.6 Å². The molecule has 0 atom stereocenters. The number of nitrogens with zero attached hydrogens (tertiary/aromatic N) is 6. The minimum Gasteiger partial charge on any atom is -0.494 e. The molecule has 4 heterocycles. The molecule has 7 rings (SSSR count). The second-order valence-corrected chi connectivity index (χ2v) is 13.8. The van der Waals surface area contributed by atoms with Crippen molar-refractivity contribution in [1.29, 1.82) is 0 Å². The first kappa shape index (κ1) is 33.6. The van der Waals surface area contributed by atoms with Crippen LogP contribution in [0.5, 0.6) is 5.75 Å². The molecule has 3 aromatic heterocycles. The van der Waals surface area contributed by atoms with Crippen molar-refractivity contribution in [1.82, 2.24) is 23.7 Å². The minimum atomic E-state index is -3.24. The topological polar surface area (TPSA) is 134 Å². The maximum Gasteiger partial charge on any atom is 0.255 e. The molecule has 0 unspecified atom stereocenters. The van der Waals surface area contributed by atoms with Crippen LogP contribution in [0, 0.1) is 11.6 Å². The minimum absolute atomic E-state index is 0.177. The predicted molar refractivity (Wildman–Crippen MR) is 191 cm³/mol. The number of nitrogens with one attached hydrogen (secondary N) is 2. The number of pyridine rings is 1. The Balaban J connectivity index is 1.18. The second kappa shape index (κ2) is 13.8. The van der Waals surface area contributed by atoms with Crippen LogP contribution in [0.1, 0.15) is 10.4 Å². The number of rotatable bonds is 9. The van der Waals surface area contributed by atoms with Gasteiger partial charge >= 0.3 is 0 Å². The normalized spacial score (nSPS) is 13.7. The zero-order chi connectivity index (χ0) is 35.7. The summed E-state index contributed by atoms with van der Waals surface area (Å²) in [6.45, 7) is 1.90. The number of amides is 1. The highest BCUT2D eigenvalue weighted by molar-refractivity contribution is 7.88. The smallest absolute Gasteiger partial charge is 0.255 e. The molecular weight excluding hydrogens is 679 g/mol. The first-order chi connectivity index (χ1) is 24.6. The maximum absolute atomic E-state index is 14.3. The zero-order valence-corrected chi connectivity index (χ0v) is 28.4. The Morgan fingerprint density at radius 3 is 2.39 bits per heavy atom. The molecule has 0 aliphatic carbocycles. The monoisotopic (exact) mass is 710 g/mol. The fourth-order valence-electron chi connectivity index (χ4n) is 5.98. The number of methoxy groups -OCH3 is 1. The molecule has 1 aliphatic rings. The van der Waals surface area contributed by atoms with Gasteiger partial charge in [0.15, 0.2) is 0 Å². The van der Waals surface area contributed by atoms with Crippen LogP contribution in [-0.2, 0) is 10.0 Å². The number of sulfonamides is 1. The molecule has 0 saturated carbocycles. The first-order valence-corrected chi connectivity index (χ1v) is 17.8. The lowest BCUT2D eigenvalue weighted by Gasteiger charge is -2.35. The summed E-state index contributed by atoms with van der Waals surface area (Å²) in [5, 5.41) is 5.58. The number of hydrogen-bond acceptors (Lipinski definition) is 9. The molecule has 1 amide bonds. The summed E-state index contributed by atoms with van der Waals surface area (Å²) in [5.41, 5.74) is 4.06. The Morgan fingerprint density at radius 2 is 1.65 bits per heavy atom. The number of ether oxygens (including phenoxy) is 1. The van der Waals surface area contributed by atoms with Crippen LogP contribution in [0.3, 0.4) is 0 Å². The number of imidazole rings is 1. The number of fused-ring (bicyclic) bond motifs is 1. The van der Waals surface area contributed by atoms with Crippen molar-refractivity contribution in [2.45, 2.75) is 0 Å². The molecule has 15 heteroatoms. The SMILES string of the molecule is COc1cc(N2CCN(S(C)(=O)=O)CC2)ccc1Nc1nccc(-c2c(-c3cccc(C(=O)Nc4c(F)cccc4F)c3)nc3ccccn23)n1. The van der Waals surface area contributed by atoms with E-state index < -0.39 is 33.3 Å². The molecule has 0 bridgehead atoms. The van der Waals surface area contributed by atoms with Crippen LogP contribution < -0.4 is 20.3 Å². The lowest BCUT2D eigenvalue weighted by molar-refractivity contribution is 0.102. The van der Waals surface area contributed by atoms with Gasteiger partial charge in [-0.2, -0.15) is 4.31 Å². The number of aromatic nitrogens is 4. The number of carbonyl (C=O) groups is 1. The molecule has 0 radical (unpaired) electrons. The lowest BCUT2D eigenvalue weighted by atomic mass is 10.0. The zero-order valence-electron chi connectivity index (χ0n) is 27.5. The Bertz CT molecular complexity index is 2360. The summed E-state index contributed by atoms with van der Waals surface area (Å²) in [5.74, 6) is -1.61. The first-order valence-electron chi connectivity index (χ1n) is 15.9. The van der Waals surface area contributed by atoms with Crippen LogP contribution in [0.15, 0.2) is 97.3 Å². The number of piperazine rings is 1. The third-order valence-electron chi connectivity index (χ3n) is 8.53. The third-order valence-corrected chi connectivity index (χ3v) is 9.84. The average molecular weight is 711 g/mol. The number of benzene rings is 3. The highest BCUT2D eigenvalue weighted by atomic mass is 32.2. The third kappa shape index (κ3) is 6.93. The fraction of sp³-hybridized carbons (Fsp3) is 0.167. The highest BCUT2D eigenvalue weighted by Crippen LogP contribution is 2.35. The number of para-hydroxylation sites is 1. The van der Waals surface area contributed by atoms with Crippen LogP contribution in [0.4, 0.5) is 31.8 Å². The summed E-state index contributed by atoms with van der Waals surface area (Å²) < 4.78 is 61.5. The largest absolute Gasteiger partial charge is 0.494 e. The maximum atomic E-state index is 14.3. The molecule has 3 aromatic carbocycles. The van der Waals surface area contributed by atoms with Crippen molar-refractivity contribution in [3.05, 3.63) is 115 Å². The Morgan fingerprint density at radius 1 is 0.882 bits per heavy atom. The Kier molecular flexibility index (Phi) is 9.06. The van der Waals surface area contributed by atoms with E-state index in [1.165, 1.54) is 16.6 Å². The van der Waals surface area contributed by atoms with E-state index in [1.807, 2.05) is 47.0 Å². The van der Waals surface area contributed by atoms with Gasteiger partial charge < -0.3 is 20.3 Å². The molecule has 6 aromatic rings. The molecule has 12 nitrogen and oxygen atoms in total. The van der Waals surface area contributed by atoms with E-state index in [-0.39, 0.29) is 11.5 Å². The summed E-state index contributed by atoms with van der Waals surface area (Å²) in [6.07, 6.45) is 4.69. The standard InChI is InChI=1S/C36H32F2N8O4S/c1-50-30-22-25(44-17-19-45(20-18-44)51(2,48)49)12-13-28(30)40-36-39-15-14-29(41-36)34-32(42-31-11-3-4-16-46(31)34)23-7-5-8-24(21-23)35(47)43-33-26(37)9-6-10-27(33)38/h3-16,21-22H,17-20H2,1-2H3,(H,43,47)(H,39,40,41). The van der Waals surface area contributed by atoms with E-state index in [9.17, 15) is 22.0 Å². The van der Waals surface area contributed by atoms with Gasteiger partial charge in [0.25, 0.3) is 5.91 Å². The van der Waals surface area contributed by atoms with Gasteiger partial charge in [-0.25, -0.2) is 32.2 Å². The number of halogens is 2. The van der Waals surface area contributed by atoms with Crippen LogP contribution >= 0.6 is 0 Å². The van der Waals surface area contributed by atoms with E-state index in [0.717, 1.165) is 17.8 Å². The lowest BCUT2D eigenvalue weighted by Crippen LogP contribution is -2.48. The van der Waals surface area contributed by atoms with Gasteiger partial charge in [0.2, 0.25) is 16.0 Å². The van der Waals surface area contributed by atoms with E-state index in [2.05, 4.69) is 20.5 Å². The van der Waals surface area contributed by atoms with Crippen molar-refractivity contribution < 1.29 is 26.7 Å². The van der Waals surface area contributed by atoms with E-state index in [0.29, 0.717) is 65.9 Å². The average Bonchev–Trinajstić information content (AvgIpc) is 3.53. The molecule has 1 aliphatic heterocycles. The van der Waals surface area contributed by atoms with Crippen LogP contribution in [0.2, 0.25) is 0 Å². The predicted octanol–water partition coefficient (Wildman–Crippen LogP) is 5.82. The van der Waals surface area contributed by atoms with Gasteiger partial charge in [-0.3, -0.25) is 9.20 Å². The van der Waals surface area contributed by atoms with Gasteiger partial charge in [-0.05, 0) is 54.6 Å². The second-order valence-electron chi connectivity index (χ2n) is 11.8. The molecular formula is C36H32F2N8O4S. The van der Waals surface area contributed by atoms with Gasteiger partial charge in [-0.15, -0.1) is 0 Å². The summed E-state index contributed by atoms with van der Waals surface area (Å²) in [4.78, 5) is 29.4. The van der Waals surface area contributed by atoms with E-state index >= 15 is 0 Å². The van der Waals surface area contributed by atoms with Gasteiger partial charge in [0.05, 0.1) is 36.1 Å². The summed E-state index contributed by atoms with van der Waals surface area (Å²) >= 11 is 0. The van der Waals surface area contributed by atoms with Crippen LogP contribution in [-0.4, -0.2) is 77.5 Å². The molecule has 260 valence electrons. The van der Waals surface area contributed by atoms with Crippen molar-refractivity contribution in [2.75, 3.05) is 55.1 Å². The van der Waals surface area contributed by atoms with Crippen molar-refractivity contribution in [3.8, 4) is 28.4 Å². The van der Waals surface area contributed by atoms with Crippen molar-refractivity contribution in [3.63, 3.8) is 0 Å². The summed E-state index contributed by atoms with van der Waals surface area (Å²) in [7, 11) is -1.68. The molecule has 0 spiro atoms. The molecule has 1 fully saturated rings. The number of hydrogen-bond donors (Lipinski definition) is 2.